The number of hydrogen-bond donors (Lipinski definition) is 3. The average Bonchev–Trinajstić information content (AvgIpc) is 2.81. The molecule has 0 fully saturated rings. The lowest BCUT2D eigenvalue weighted by atomic mass is 10.1. The summed E-state index contributed by atoms with van der Waals surface area (Å²) in [5.41, 5.74) is 5.45. The smallest absolute Gasteiger partial charge is 0.245 e. The Hall–Kier alpha value is -1.96. The molecule has 112 valence electrons. The van der Waals surface area contributed by atoms with Crippen LogP contribution >= 0.6 is 0 Å². The number of hydrogen-bond acceptors (Lipinski definition) is 5. The highest BCUT2D eigenvalue weighted by Crippen LogP contribution is 2.08. The summed E-state index contributed by atoms with van der Waals surface area (Å²) in [4.78, 5) is 23.0. The van der Waals surface area contributed by atoms with Gasteiger partial charge in [0.25, 0.3) is 0 Å². The third-order valence-corrected chi connectivity index (χ3v) is 2.48. The predicted octanol–water partition coefficient (Wildman–Crippen LogP) is -0.671. The molecule has 4 N–H and O–H groups in total. The summed E-state index contributed by atoms with van der Waals surface area (Å²) in [6.07, 6.45) is 1.63. The van der Waals surface area contributed by atoms with Crippen LogP contribution in [-0.4, -0.2) is 38.9 Å². The van der Waals surface area contributed by atoms with Gasteiger partial charge in [-0.1, -0.05) is 5.21 Å². The Kier molecular flexibility index (Phi) is 5.20. The van der Waals surface area contributed by atoms with Gasteiger partial charge in [-0.2, -0.15) is 0 Å². The Balaban J connectivity index is 2.62. The van der Waals surface area contributed by atoms with Crippen molar-refractivity contribution >= 4 is 11.8 Å². The van der Waals surface area contributed by atoms with Crippen molar-refractivity contribution in [3.05, 3.63) is 11.9 Å². The molecule has 0 aliphatic carbocycles. The maximum absolute atomic E-state index is 12.0. The number of nitrogens with one attached hydrogen (secondary N) is 2. The normalized spacial score (nSPS) is 12.8. The van der Waals surface area contributed by atoms with Crippen LogP contribution in [0, 0.1) is 0 Å². The van der Waals surface area contributed by atoms with E-state index < -0.39 is 6.04 Å². The van der Waals surface area contributed by atoms with E-state index in [1.807, 2.05) is 20.8 Å². The maximum Gasteiger partial charge on any atom is 0.245 e. The van der Waals surface area contributed by atoms with Crippen LogP contribution in [-0.2, 0) is 16.1 Å². The zero-order valence-electron chi connectivity index (χ0n) is 12.3. The Bertz CT molecular complexity index is 477. The summed E-state index contributed by atoms with van der Waals surface area (Å²) in [7, 11) is 0. The van der Waals surface area contributed by atoms with Gasteiger partial charge < -0.3 is 16.4 Å². The Labute approximate surface area is 118 Å². The van der Waals surface area contributed by atoms with E-state index in [2.05, 4.69) is 20.9 Å². The standard InChI is InChI=1S/C12H22N6O2/c1-8(11(20)15-12(2,3)4)18-7-9(16-17-18)6-14-10(19)5-13/h7-8H,5-6,13H2,1-4H3,(H,14,19)(H,15,20). The fourth-order valence-electron chi connectivity index (χ4n) is 1.44. The molecule has 1 rings (SSSR count). The minimum absolute atomic E-state index is 0.0709. The van der Waals surface area contributed by atoms with Gasteiger partial charge in [0.2, 0.25) is 11.8 Å². The lowest BCUT2D eigenvalue weighted by Crippen LogP contribution is -2.43. The molecule has 8 nitrogen and oxygen atoms in total. The highest BCUT2D eigenvalue weighted by atomic mass is 16.2. The molecule has 0 spiro atoms. The predicted molar refractivity (Wildman–Crippen MR) is 73.5 cm³/mol. The van der Waals surface area contributed by atoms with Crippen molar-refractivity contribution in [2.45, 2.75) is 45.8 Å². The van der Waals surface area contributed by atoms with Gasteiger partial charge in [-0.25, -0.2) is 4.68 Å². The number of aromatic nitrogens is 3. The van der Waals surface area contributed by atoms with Crippen molar-refractivity contribution in [1.82, 2.24) is 25.6 Å². The van der Waals surface area contributed by atoms with E-state index in [1.165, 1.54) is 4.68 Å². The molecule has 1 atom stereocenters. The number of carbonyl (C=O) groups is 2. The molecule has 1 heterocycles. The highest BCUT2D eigenvalue weighted by Gasteiger charge is 2.21. The second-order valence-electron chi connectivity index (χ2n) is 5.59. The number of amides is 2. The molecule has 1 unspecified atom stereocenters. The van der Waals surface area contributed by atoms with E-state index >= 15 is 0 Å². The first-order valence-corrected chi connectivity index (χ1v) is 6.42. The van der Waals surface area contributed by atoms with Crippen LogP contribution in [0.5, 0.6) is 0 Å². The van der Waals surface area contributed by atoms with E-state index in [0.29, 0.717) is 5.69 Å². The summed E-state index contributed by atoms with van der Waals surface area (Å²) in [5, 5.41) is 13.3. The van der Waals surface area contributed by atoms with Gasteiger partial charge in [0.05, 0.1) is 19.3 Å². The minimum atomic E-state index is -0.472. The molecular weight excluding hydrogens is 260 g/mol. The zero-order chi connectivity index (χ0) is 15.3. The SMILES string of the molecule is CC(C(=O)NC(C)(C)C)n1cc(CNC(=O)CN)nn1. The molecule has 0 aliphatic heterocycles. The molecule has 1 aromatic heterocycles. The van der Waals surface area contributed by atoms with E-state index in [1.54, 1.807) is 13.1 Å². The molecule has 1 aromatic rings. The van der Waals surface area contributed by atoms with Crippen LogP contribution in [0.3, 0.4) is 0 Å². The van der Waals surface area contributed by atoms with Gasteiger partial charge in [0.15, 0.2) is 0 Å². The lowest BCUT2D eigenvalue weighted by molar-refractivity contribution is -0.125. The quantitative estimate of drug-likeness (QED) is 0.662. The van der Waals surface area contributed by atoms with Crippen molar-refractivity contribution in [3.8, 4) is 0 Å². The first kappa shape index (κ1) is 16.1. The topological polar surface area (TPSA) is 115 Å². The number of nitrogens with two attached hydrogens (primary N) is 1. The van der Waals surface area contributed by atoms with Crippen LogP contribution in [0.2, 0.25) is 0 Å². The molecule has 0 aromatic carbocycles. The fraction of sp³-hybridized carbons (Fsp3) is 0.667. The van der Waals surface area contributed by atoms with Gasteiger partial charge in [0, 0.05) is 5.54 Å². The number of rotatable bonds is 5. The molecule has 20 heavy (non-hydrogen) atoms. The van der Waals surface area contributed by atoms with Crippen molar-refractivity contribution in [2.24, 2.45) is 5.73 Å². The molecule has 2 amide bonds. The molecule has 0 aliphatic rings. The highest BCUT2D eigenvalue weighted by molar-refractivity contribution is 5.80. The number of carbonyl (C=O) groups excluding carboxylic acids is 2. The van der Waals surface area contributed by atoms with E-state index in [-0.39, 0.29) is 30.4 Å². The third kappa shape index (κ3) is 4.96. The zero-order valence-corrected chi connectivity index (χ0v) is 12.3. The minimum Gasteiger partial charge on any atom is -0.350 e. The van der Waals surface area contributed by atoms with Gasteiger partial charge >= 0.3 is 0 Å². The van der Waals surface area contributed by atoms with Crippen LogP contribution in [0.15, 0.2) is 6.20 Å². The molecule has 8 heteroatoms. The van der Waals surface area contributed by atoms with Gasteiger partial charge in [0.1, 0.15) is 11.7 Å². The van der Waals surface area contributed by atoms with Crippen LogP contribution in [0.25, 0.3) is 0 Å². The molecule has 0 radical (unpaired) electrons. The van der Waals surface area contributed by atoms with Gasteiger partial charge in [-0.15, -0.1) is 5.10 Å². The van der Waals surface area contributed by atoms with Crippen molar-refractivity contribution in [3.63, 3.8) is 0 Å². The second kappa shape index (κ2) is 6.47. The van der Waals surface area contributed by atoms with Crippen LogP contribution in [0.1, 0.15) is 39.4 Å². The summed E-state index contributed by atoms with van der Waals surface area (Å²) in [6.45, 7) is 7.63. The van der Waals surface area contributed by atoms with Crippen molar-refractivity contribution in [1.29, 1.82) is 0 Å². The molecule has 0 saturated carbocycles. The van der Waals surface area contributed by atoms with Gasteiger partial charge in [-0.3, -0.25) is 9.59 Å². The summed E-state index contributed by atoms with van der Waals surface area (Å²) < 4.78 is 1.46. The first-order chi connectivity index (χ1) is 9.23. The Morgan fingerprint density at radius 2 is 2.10 bits per heavy atom. The van der Waals surface area contributed by atoms with Crippen molar-refractivity contribution in [2.75, 3.05) is 6.54 Å². The van der Waals surface area contributed by atoms with Gasteiger partial charge in [-0.05, 0) is 27.7 Å². The largest absolute Gasteiger partial charge is 0.350 e. The molecular formula is C12H22N6O2. The van der Waals surface area contributed by atoms with Crippen LogP contribution < -0.4 is 16.4 Å². The first-order valence-electron chi connectivity index (χ1n) is 6.42. The van der Waals surface area contributed by atoms with E-state index in [9.17, 15) is 9.59 Å². The summed E-state index contributed by atoms with van der Waals surface area (Å²) in [5.74, 6) is -0.405. The Morgan fingerprint density at radius 1 is 1.45 bits per heavy atom. The van der Waals surface area contributed by atoms with Crippen molar-refractivity contribution < 1.29 is 9.59 Å². The number of nitrogens with zero attached hydrogens (tertiary/aromatic N) is 3. The molecule has 0 bridgehead atoms. The average molecular weight is 282 g/mol. The lowest BCUT2D eigenvalue weighted by Gasteiger charge is -2.23. The monoisotopic (exact) mass is 282 g/mol. The second-order valence-corrected chi connectivity index (χ2v) is 5.59. The van der Waals surface area contributed by atoms with E-state index in [0.717, 1.165) is 0 Å². The summed E-state index contributed by atoms with van der Waals surface area (Å²) in [6, 6.07) is -0.472. The van der Waals surface area contributed by atoms with E-state index in [4.69, 9.17) is 5.73 Å². The maximum atomic E-state index is 12.0. The summed E-state index contributed by atoms with van der Waals surface area (Å²) >= 11 is 0. The van der Waals surface area contributed by atoms with Crippen LogP contribution in [0.4, 0.5) is 0 Å². The third-order valence-electron chi connectivity index (χ3n) is 2.48. The Morgan fingerprint density at radius 3 is 2.65 bits per heavy atom. The molecule has 0 saturated heterocycles. The fourth-order valence-corrected chi connectivity index (χ4v) is 1.44.